The summed E-state index contributed by atoms with van der Waals surface area (Å²) in [5, 5.41) is 12.0. The lowest BCUT2D eigenvalue weighted by Gasteiger charge is -2.20. The zero-order valence-electron chi connectivity index (χ0n) is 9.29. The lowest BCUT2D eigenvalue weighted by molar-refractivity contribution is 0.0698. The van der Waals surface area contributed by atoms with Gasteiger partial charge < -0.3 is 21.0 Å². The Balaban J connectivity index is 4.38. The first kappa shape index (κ1) is 2.62. The maximum Gasteiger partial charge on any atom is 0.210 e. The minimum atomic E-state index is -1.41. The van der Waals surface area contributed by atoms with Crippen molar-refractivity contribution in [2.75, 3.05) is 19.8 Å². The molecule has 0 rings (SSSR count). The van der Waals surface area contributed by atoms with E-state index < -0.39 is 5.54 Å². The van der Waals surface area contributed by atoms with Gasteiger partial charge in [-0.25, -0.2) is 0 Å². The number of nitrogens with two attached hydrogens (primary N) is 1. The van der Waals surface area contributed by atoms with E-state index in [9.17, 15) is 0 Å². The minimum absolute atomic E-state index is 0.213. The second kappa shape index (κ2) is 2.99. The molecule has 0 unspecified atom stereocenters. The predicted molar refractivity (Wildman–Crippen MR) is 28.2 cm³/mol. The molecule has 0 radical (unpaired) electrons. The van der Waals surface area contributed by atoms with E-state index in [1.54, 1.807) is 0 Å². The molecule has 0 heterocycles. The molecule has 4 nitrogen and oxygen atoms in total. The fourth-order valence-electron chi connectivity index (χ4n) is 0.125. The first-order valence-corrected chi connectivity index (χ1v) is 2.15. The molecule has 0 saturated carbocycles. The number of hydrogen-bond donors (Lipinski definition) is 4. The van der Waals surface area contributed by atoms with Crippen LogP contribution >= 0.6 is 0 Å². The Bertz CT molecular complexity index is 120. The van der Waals surface area contributed by atoms with Gasteiger partial charge in [0.25, 0.3) is 0 Å². The molecule has 0 aliphatic carbocycles. The van der Waals surface area contributed by atoms with E-state index >= 15 is 0 Å². The summed E-state index contributed by atoms with van der Waals surface area (Å²) in [5.74, 6) is 0. The molecule has 0 fully saturated rings. The van der Waals surface area contributed by atoms with Crippen LogP contribution in [0, 0.1) is 0 Å². The maximum atomic E-state index is 7.00. The van der Waals surface area contributed by atoms with Crippen molar-refractivity contribution in [3.05, 3.63) is 0 Å². The van der Waals surface area contributed by atoms with Crippen LogP contribution in [-0.4, -0.2) is 45.0 Å². The molecular weight excluding hydrogens is 110 g/mol. The summed E-state index contributed by atoms with van der Waals surface area (Å²) < 4.78 is 33.5. The monoisotopic (exact) mass is 126 g/mol. The van der Waals surface area contributed by atoms with Crippen LogP contribution < -0.4 is 5.72 Å². The van der Waals surface area contributed by atoms with Crippen LogP contribution in [0.3, 0.4) is 0 Å². The fraction of sp³-hybridized carbons (Fsp3) is 1.00. The first-order valence-electron chi connectivity index (χ1n) is 4.27. The van der Waals surface area contributed by atoms with Crippen LogP contribution in [0.5, 0.6) is 0 Å². The molecule has 0 aliphatic heterocycles. The van der Waals surface area contributed by atoms with E-state index in [0.717, 1.165) is 0 Å². The smallest absolute Gasteiger partial charge is 0.210 e. The highest BCUT2D eigenvalue weighted by atomic mass is 16.3. The Labute approximate surface area is 55.0 Å². The first-order chi connectivity index (χ1) is 6.13. The zero-order valence-corrected chi connectivity index (χ0v) is 4.29. The zero-order chi connectivity index (χ0) is 10.3. The van der Waals surface area contributed by atoms with Gasteiger partial charge in [0.15, 0.2) is 0 Å². The molecule has 0 aromatic rings. The van der Waals surface area contributed by atoms with Crippen LogP contribution in [0.25, 0.3) is 0 Å². The largest absolute Gasteiger partial charge is 0.394 e. The summed E-state index contributed by atoms with van der Waals surface area (Å²) in [6.07, 6.45) is 0. The molecule has 5 N–H and O–H groups in total. The topological polar surface area (TPSA) is 86.7 Å². The molecule has 4 heteroatoms. The van der Waals surface area contributed by atoms with Gasteiger partial charge in [-0.3, -0.25) is 0 Å². The van der Waals surface area contributed by atoms with Gasteiger partial charge in [-0.2, -0.15) is 0 Å². The van der Waals surface area contributed by atoms with Gasteiger partial charge >= 0.3 is 0 Å². The predicted octanol–water partition coefficient (Wildman–Crippen LogP) is -2.34. The van der Waals surface area contributed by atoms with Gasteiger partial charge in [0.2, 0.25) is 4.29 Å². The highest BCUT2D eigenvalue weighted by Gasteiger charge is 2.20. The van der Waals surface area contributed by atoms with Gasteiger partial charge in [-0.15, -0.1) is 0 Å². The lowest BCUT2D eigenvalue weighted by Crippen LogP contribution is -2.50. The van der Waals surface area contributed by atoms with E-state index in [0.29, 0.717) is 0 Å². The Morgan fingerprint density at radius 3 is 2.12 bits per heavy atom. The number of aliphatic hydroxyl groups is 3. The third kappa shape index (κ3) is 1.75. The summed E-state index contributed by atoms with van der Waals surface area (Å²) in [5.41, 5.74) is -1.20. The van der Waals surface area contributed by atoms with Crippen molar-refractivity contribution in [3.8, 4) is 0 Å². The highest BCUT2D eigenvalue weighted by molar-refractivity contribution is 4.80. The minimum Gasteiger partial charge on any atom is -0.394 e. The second-order valence-corrected chi connectivity index (χ2v) is 1.66. The average Bonchev–Trinajstić information content (AvgIpc) is 2.05. The van der Waals surface area contributed by atoms with Crippen molar-refractivity contribution in [3.63, 3.8) is 0 Å². The summed E-state index contributed by atoms with van der Waals surface area (Å²) >= 11 is 0. The van der Waals surface area contributed by atoms with Crippen LogP contribution in [-0.2, 0) is 0 Å². The molecule has 0 amide bonds. The van der Waals surface area contributed by atoms with E-state index in [4.69, 9.17) is 7.12 Å². The van der Waals surface area contributed by atoms with Gasteiger partial charge in [0, 0.05) is 0 Å². The maximum absolute atomic E-state index is 7.00. The Hall–Kier alpha value is -0.160. The molecule has 0 bridgehead atoms. The quantitative estimate of drug-likeness (QED) is 0.308. The van der Waals surface area contributed by atoms with E-state index in [1.165, 1.54) is 0 Å². The molecule has 0 saturated heterocycles. The van der Waals surface area contributed by atoms with E-state index in [2.05, 4.69) is 15.3 Å². The number of aliphatic hydroxyl groups excluding tert-OH is 3. The van der Waals surface area contributed by atoms with Crippen LogP contribution in [0.2, 0.25) is 2.82 Å². The van der Waals surface area contributed by atoms with Crippen molar-refractivity contribution in [1.82, 2.24) is 0 Å². The average molecular weight is 126 g/mol. The summed E-state index contributed by atoms with van der Waals surface area (Å²) in [7, 11) is 0. The van der Waals surface area contributed by atoms with Crippen molar-refractivity contribution >= 4 is 0 Å². The third-order valence-corrected chi connectivity index (χ3v) is 0.806. The normalized spacial score (nSPS) is 20.9. The second-order valence-electron chi connectivity index (χ2n) is 1.66. The Morgan fingerprint density at radius 2 is 1.88 bits per heavy atom. The summed E-state index contributed by atoms with van der Waals surface area (Å²) in [6.45, 7) is -1.05. The molecule has 0 aromatic heterocycles. The Morgan fingerprint density at radius 1 is 1.38 bits per heavy atom. The van der Waals surface area contributed by atoms with Crippen molar-refractivity contribution in [2.24, 2.45) is 5.72 Å². The molecular formula is C4H11NO3. The van der Waals surface area contributed by atoms with Gasteiger partial charge in [0.05, 0.1) is 25.4 Å². The van der Waals surface area contributed by atoms with Crippen LogP contribution in [0.4, 0.5) is 0 Å². The molecule has 8 heavy (non-hydrogen) atoms. The number of hydrogen-bond acceptors (Lipinski definition) is 4. The SMILES string of the molecule is [2H]OCC(CO[2H])(CO[2H])N([2H])[2H]. The van der Waals surface area contributed by atoms with E-state index in [1.807, 2.05) is 0 Å². The van der Waals surface area contributed by atoms with Crippen molar-refractivity contribution in [2.45, 2.75) is 5.54 Å². The summed E-state index contributed by atoms with van der Waals surface area (Å²) in [6, 6.07) is 0. The van der Waals surface area contributed by atoms with Gasteiger partial charge in [-0.1, -0.05) is 0 Å². The summed E-state index contributed by atoms with van der Waals surface area (Å²) in [4.78, 5) is 0. The van der Waals surface area contributed by atoms with Crippen molar-refractivity contribution < 1.29 is 18.2 Å². The highest BCUT2D eigenvalue weighted by Crippen LogP contribution is 1.93. The van der Waals surface area contributed by atoms with Crippen LogP contribution in [0.15, 0.2) is 0 Å². The van der Waals surface area contributed by atoms with Crippen molar-refractivity contribution in [1.29, 1.82) is 4.29 Å². The van der Waals surface area contributed by atoms with Gasteiger partial charge in [0.1, 0.15) is 2.82 Å². The standard InChI is InChI=1S/C4H11NO3/c5-4(1-6,2-7)3-8/h6-8H,1-3,5H2/i6D,7D,8D/hD2. The molecule has 0 aliphatic rings. The van der Waals surface area contributed by atoms with Crippen LogP contribution in [0.1, 0.15) is 0 Å². The lowest BCUT2D eigenvalue weighted by atomic mass is 10.1. The molecule has 0 spiro atoms. The molecule has 50 valence electrons. The number of rotatable bonds is 7. The Kier molecular flexibility index (Phi) is 0.976. The third-order valence-electron chi connectivity index (χ3n) is 0.806. The molecule has 0 aromatic carbocycles. The molecule has 0 atom stereocenters. The van der Waals surface area contributed by atoms with E-state index in [-0.39, 0.29) is 25.5 Å². The fourth-order valence-corrected chi connectivity index (χ4v) is 0.125. The van der Waals surface area contributed by atoms with Gasteiger partial charge in [-0.05, 0) is 0 Å².